The molecule has 1 atom stereocenters. The molecule has 2 amide bonds. The summed E-state index contributed by atoms with van der Waals surface area (Å²) >= 11 is 0. The summed E-state index contributed by atoms with van der Waals surface area (Å²) in [7, 11) is 0. The molecule has 0 fully saturated rings. The maximum Gasteiger partial charge on any atom is 0.319 e. The van der Waals surface area contributed by atoms with Crippen LogP contribution in [0.25, 0.3) is 0 Å². The van der Waals surface area contributed by atoms with Gasteiger partial charge in [-0.25, -0.2) is 4.79 Å². The van der Waals surface area contributed by atoms with Crippen LogP contribution in [0, 0.1) is 5.92 Å². The van der Waals surface area contributed by atoms with Crippen molar-refractivity contribution in [3.63, 3.8) is 0 Å². The second-order valence-electron chi connectivity index (χ2n) is 7.83. The first kappa shape index (κ1) is 21.0. The van der Waals surface area contributed by atoms with Gasteiger partial charge in [0.25, 0.3) is 0 Å². The molecular weight excluding hydrogens is 332 g/mol. The van der Waals surface area contributed by atoms with E-state index in [9.17, 15) is 4.79 Å². The monoisotopic (exact) mass is 366 g/mol. The first-order chi connectivity index (χ1) is 13.0. The summed E-state index contributed by atoms with van der Waals surface area (Å²) in [5, 5.41) is 5.85. The molecule has 2 aromatic rings. The summed E-state index contributed by atoms with van der Waals surface area (Å²) < 4.78 is 0. The van der Waals surface area contributed by atoms with Crippen LogP contribution < -0.4 is 10.6 Å². The Kier molecular flexibility index (Phi) is 8.38. The van der Waals surface area contributed by atoms with Crippen LogP contribution in [0.4, 0.5) is 10.5 Å². The fourth-order valence-electron chi connectivity index (χ4n) is 3.21. The Morgan fingerprint density at radius 3 is 2.04 bits per heavy atom. The van der Waals surface area contributed by atoms with Crippen molar-refractivity contribution in [2.24, 2.45) is 5.92 Å². The van der Waals surface area contributed by atoms with Gasteiger partial charge in [-0.1, -0.05) is 76.9 Å². The van der Waals surface area contributed by atoms with Crippen molar-refractivity contribution >= 4 is 11.7 Å². The van der Waals surface area contributed by atoms with E-state index in [1.54, 1.807) is 0 Å². The third kappa shape index (κ3) is 7.46. The smallest absolute Gasteiger partial charge is 0.319 e. The molecule has 0 aliphatic heterocycles. The Labute approximate surface area is 164 Å². The lowest BCUT2D eigenvalue weighted by atomic mass is 9.99. The number of urea groups is 1. The van der Waals surface area contributed by atoms with E-state index in [1.165, 1.54) is 29.5 Å². The fraction of sp³-hybridized carbons (Fsp3) is 0.458. The van der Waals surface area contributed by atoms with Crippen LogP contribution >= 0.6 is 0 Å². The van der Waals surface area contributed by atoms with Gasteiger partial charge in [-0.15, -0.1) is 0 Å². The number of carbonyl (C=O) groups is 1. The van der Waals surface area contributed by atoms with Crippen molar-refractivity contribution in [3.8, 4) is 0 Å². The van der Waals surface area contributed by atoms with Crippen molar-refractivity contribution in [2.45, 2.75) is 59.3 Å². The highest BCUT2D eigenvalue weighted by Gasteiger charge is 2.05. The molecule has 3 nitrogen and oxygen atoms in total. The minimum atomic E-state index is -0.129. The quantitative estimate of drug-likeness (QED) is 0.533. The number of amides is 2. The zero-order valence-corrected chi connectivity index (χ0v) is 17.2. The summed E-state index contributed by atoms with van der Waals surface area (Å²) in [5.41, 5.74) is 4.74. The molecule has 0 radical (unpaired) electrons. The number of carbonyl (C=O) groups excluding carboxylic acids is 1. The minimum absolute atomic E-state index is 0.129. The van der Waals surface area contributed by atoms with Crippen LogP contribution in [0.1, 0.15) is 69.6 Å². The second kappa shape index (κ2) is 10.8. The number of hydrogen-bond acceptors (Lipinski definition) is 1. The molecule has 1 unspecified atom stereocenters. The summed E-state index contributed by atoms with van der Waals surface area (Å²) in [6, 6.07) is 16.8. The standard InChI is InChI=1S/C24H34N2O/c1-5-6-19(4)15-16-25-24(27)26-23-13-9-21(10-14-23)17-20-7-11-22(12-8-20)18(2)3/h7-14,18-19H,5-6,15-17H2,1-4H3,(H2,25,26,27). The van der Waals surface area contributed by atoms with E-state index in [2.05, 4.69) is 74.7 Å². The van der Waals surface area contributed by atoms with E-state index in [0.29, 0.717) is 11.8 Å². The topological polar surface area (TPSA) is 41.1 Å². The van der Waals surface area contributed by atoms with Gasteiger partial charge < -0.3 is 10.6 Å². The highest BCUT2D eigenvalue weighted by atomic mass is 16.2. The number of benzene rings is 2. The normalized spacial score (nSPS) is 12.0. The molecule has 146 valence electrons. The largest absolute Gasteiger partial charge is 0.338 e. The van der Waals surface area contributed by atoms with Gasteiger partial charge in [-0.05, 0) is 53.5 Å². The van der Waals surface area contributed by atoms with E-state index < -0.39 is 0 Å². The first-order valence-electron chi connectivity index (χ1n) is 10.2. The third-order valence-corrected chi connectivity index (χ3v) is 4.97. The van der Waals surface area contributed by atoms with Gasteiger partial charge in [-0.2, -0.15) is 0 Å². The Hall–Kier alpha value is -2.29. The lowest BCUT2D eigenvalue weighted by molar-refractivity contribution is 0.251. The predicted molar refractivity (Wildman–Crippen MR) is 115 cm³/mol. The molecule has 0 bridgehead atoms. The number of rotatable bonds is 9. The lowest BCUT2D eigenvalue weighted by Gasteiger charge is -2.12. The van der Waals surface area contributed by atoms with Gasteiger partial charge in [0, 0.05) is 12.2 Å². The van der Waals surface area contributed by atoms with Gasteiger partial charge in [0.05, 0.1) is 0 Å². The molecule has 0 saturated carbocycles. The Bertz CT molecular complexity index is 689. The lowest BCUT2D eigenvalue weighted by Crippen LogP contribution is -2.30. The molecule has 2 N–H and O–H groups in total. The highest BCUT2D eigenvalue weighted by Crippen LogP contribution is 2.18. The molecule has 0 aromatic heterocycles. The van der Waals surface area contributed by atoms with Crippen molar-refractivity contribution < 1.29 is 4.79 Å². The summed E-state index contributed by atoms with van der Waals surface area (Å²) in [6.07, 6.45) is 4.34. The van der Waals surface area contributed by atoms with Gasteiger partial charge in [0.2, 0.25) is 0 Å². The summed E-state index contributed by atoms with van der Waals surface area (Å²) in [5.74, 6) is 1.22. The maximum atomic E-state index is 12.0. The first-order valence-corrected chi connectivity index (χ1v) is 10.2. The molecule has 0 saturated heterocycles. The molecule has 2 rings (SSSR count). The van der Waals surface area contributed by atoms with E-state index in [4.69, 9.17) is 0 Å². The third-order valence-electron chi connectivity index (χ3n) is 4.97. The van der Waals surface area contributed by atoms with Crippen molar-refractivity contribution in [1.82, 2.24) is 5.32 Å². The second-order valence-corrected chi connectivity index (χ2v) is 7.83. The number of hydrogen-bond donors (Lipinski definition) is 2. The Morgan fingerprint density at radius 2 is 1.48 bits per heavy atom. The molecule has 0 heterocycles. The van der Waals surface area contributed by atoms with Crippen LogP contribution in [0.5, 0.6) is 0 Å². The molecule has 27 heavy (non-hydrogen) atoms. The van der Waals surface area contributed by atoms with Crippen molar-refractivity contribution in [1.29, 1.82) is 0 Å². The van der Waals surface area contributed by atoms with Crippen molar-refractivity contribution in [2.75, 3.05) is 11.9 Å². The zero-order chi connectivity index (χ0) is 19.6. The molecule has 2 aromatic carbocycles. The van der Waals surface area contributed by atoms with Crippen LogP contribution in [0.15, 0.2) is 48.5 Å². The average Bonchev–Trinajstić information content (AvgIpc) is 2.64. The van der Waals surface area contributed by atoms with E-state index in [0.717, 1.165) is 25.1 Å². The number of anilines is 1. The summed E-state index contributed by atoms with van der Waals surface area (Å²) in [4.78, 5) is 12.0. The average molecular weight is 367 g/mol. The van der Waals surface area contributed by atoms with E-state index in [-0.39, 0.29) is 6.03 Å². The van der Waals surface area contributed by atoms with E-state index >= 15 is 0 Å². The molecule has 0 spiro atoms. The molecular formula is C24H34N2O. The van der Waals surface area contributed by atoms with Crippen LogP contribution in [0.2, 0.25) is 0 Å². The van der Waals surface area contributed by atoms with Crippen molar-refractivity contribution in [3.05, 3.63) is 65.2 Å². The maximum absolute atomic E-state index is 12.0. The van der Waals surface area contributed by atoms with Crippen LogP contribution in [-0.4, -0.2) is 12.6 Å². The Balaban J connectivity index is 1.79. The minimum Gasteiger partial charge on any atom is -0.338 e. The van der Waals surface area contributed by atoms with Gasteiger partial charge >= 0.3 is 6.03 Å². The molecule has 0 aliphatic carbocycles. The zero-order valence-electron chi connectivity index (χ0n) is 17.2. The number of nitrogens with one attached hydrogen (secondary N) is 2. The van der Waals surface area contributed by atoms with E-state index in [1.807, 2.05) is 12.1 Å². The Morgan fingerprint density at radius 1 is 0.889 bits per heavy atom. The van der Waals surface area contributed by atoms with Crippen LogP contribution in [-0.2, 0) is 6.42 Å². The fourth-order valence-corrected chi connectivity index (χ4v) is 3.21. The van der Waals surface area contributed by atoms with Gasteiger partial charge in [-0.3, -0.25) is 0 Å². The summed E-state index contributed by atoms with van der Waals surface area (Å²) in [6.45, 7) is 9.57. The van der Waals surface area contributed by atoms with Crippen LogP contribution in [0.3, 0.4) is 0 Å². The molecule has 0 aliphatic rings. The predicted octanol–water partition coefficient (Wildman–Crippen LogP) is 6.35. The SMILES string of the molecule is CCCC(C)CCNC(=O)Nc1ccc(Cc2ccc(C(C)C)cc2)cc1. The van der Waals surface area contributed by atoms with Gasteiger partial charge in [0.1, 0.15) is 0 Å². The van der Waals surface area contributed by atoms with Gasteiger partial charge in [0.15, 0.2) is 0 Å². The highest BCUT2D eigenvalue weighted by molar-refractivity contribution is 5.89. The molecule has 3 heteroatoms.